The number of rotatable bonds is 4. The van der Waals surface area contributed by atoms with Crippen molar-refractivity contribution in [2.24, 2.45) is 0 Å². The van der Waals surface area contributed by atoms with Gasteiger partial charge >= 0.3 is 6.03 Å². The molecule has 25 heavy (non-hydrogen) atoms. The first-order chi connectivity index (χ1) is 12.1. The number of hydrogen-bond acceptors (Lipinski definition) is 3. The number of hydrogen-bond donors (Lipinski definition) is 1. The molecule has 1 saturated heterocycles. The summed E-state index contributed by atoms with van der Waals surface area (Å²) in [5, 5.41) is 2.88. The molecule has 1 aliphatic rings. The van der Waals surface area contributed by atoms with Gasteiger partial charge in [-0.2, -0.15) is 0 Å². The van der Waals surface area contributed by atoms with Gasteiger partial charge in [-0.25, -0.2) is 4.79 Å². The van der Waals surface area contributed by atoms with Crippen molar-refractivity contribution in [1.29, 1.82) is 0 Å². The van der Waals surface area contributed by atoms with Crippen LogP contribution in [0.2, 0.25) is 0 Å². The number of benzene rings is 2. The van der Waals surface area contributed by atoms with E-state index in [-0.39, 0.29) is 11.8 Å². The first kappa shape index (κ1) is 17.0. The number of nitrogens with zero attached hydrogens (tertiary/aromatic N) is 1. The van der Waals surface area contributed by atoms with Gasteiger partial charge in [0.2, 0.25) is 0 Å². The second kappa shape index (κ2) is 7.38. The van der Waals surface area contributed by atoms with Crippen LogP contribution in [0.4, 0.5) is 10.5 Å². The number of likely N-dealkylation sites (tertiary alicyclic amines) is 1. The molecule has 1 N–H and O–H groups in total. The molecular weight excluding hydrogens is 316 g/mol. The van der Waals surface area contributed by atoms with Crippen molar-refractivity contribution in [3.8, 4) is 5.75 Å². The molecular formula is C20H22N2O3. The zero-order valence-corrected chi connectivity index (χ0v) is 14.5. The Balaban J connectivity index is 1.62. The van der Waals surface area contributed by atoms with Crippen LogP contribution in [-0.4, -0.2) is 36.9 Å². The monoisotopic (exact) mass is 338 g/mol. The van der Waals surface area contributed by atoms with E-state index in [0.29, 0.717) is 23.7 Å². The van der Waals surface area contributed by atoms with E-state index in [4.69, 9.17) is 4.74 Å². The molecule has 0 saturated carbocycles. The molecule has 3 rings (SSSR count). The lowest BCUT2D eigenvalue weighted by Crippen LogP contribution is -2.32. The molecule has 0 aromatic heterocycles. The average Bonchev–Trinajstić information content (AvgIpc) is 3.12. The third-order valence-corrected chi connectivity index (χ3v) is 4.58. The average molecular weight is 338 g/mol. The number of nitrogens with one attached hydrogen (secondary N) is 1. The minimum Gasteiger partial charge on any atom is -0.497 e. The molecule has 5 nitrogen and oxygen atoms in total. The highest BCUT2D eigenvalue weighted by atomic mass is 16.5. The van der Waals surface area contributed by atoms with Gasteiger partial charge in [0.05, 0.1) is 7.11 Å². The van der Waals surface area contributed by atoms with Gasteiger partial charge in [-0.1, -0.05) is 24.3 Å². The normalized spacial score (nSPS) is 16.6. The van der Waals surface area contributed by atoms with Crippen LogP contribution in [0.3, 0.4) is 0 Å². The van der Waals surface area contributed by atoms with Crippen molar-refractivity contribution < 1.29 is 14.3 Å². The summed E-state index contributed by atoms with van der Waals surface area (Å²) in [6.45, 7) is 2.92. The number of amides is 2. The summed E-state index contributed by atoms with van der Waals surface area (Å²) in [5.41, 5.74) is 2.45. The van der Waals surface area contributed by atoms with Crippen molar-refractivity contribution in [3.05, 3.63) is 59.7 Å². The molecule has 0 unspecified atom stereocenters. The number of Topliss-reactive ketones (excluding diaryl/α,β-unsaturated/α-hetero) is 1. The fraction of sp³-hybridized carbons (Fsp3) is 0.300. The Morgan fingerprint density at radius 1 is 1.16 bits per heavy atom. The summed E-state index contributed by atoms with van der Waals surface area (Å²) < 4.78 is 5.19. The molecule has 5 heteroatoms. The molecule has 0 radical (unpaired) electrons. The molecule has 1 aliphatic heterocycles. The van der Waals surface area contributed by atoms with Crippen LogP contribution in [0.25, 0.3) is 0 Å². The van der Waals surface area contributed by atoms with Crippen LogP contribution in [0.1, 0.15) is 35.2 Å². The summed E-state index contributed by atoms with van der Waals surface area (Å²) in [4.78, 5) is 25.8. The van der Waals surface area contributed by atoms with Crippen molar-refractivity contribution in [3.63, 3.8) is 0 Å². The standard InChI is InChI=1S/C20H22N2O3/c1-14(23)16-4-3-5-18(12-16)21-20(24)22-11-10-17(13-22)15-6-8-19(25-2)9-7-15/h3-9,12,17H,10-11,13H2,1-2H3,(H,21,24)/t17-/m1/s1. The molecule has 1 atom stereocenters. The number of ketones is 1. The molecule has 2 aromatic carbocycles. The maximum atomic E-state index is 12.5. The zero-order valence-electron chi connectivity index (χ0n) is 14.5. The number of carbonyl (C=O) groups excluding carboxylic acids is 2. The Morgan fingerprint density at radius 2 is 1.92 bits per heavy atom. The Labute approximate surface area is 147 Å². The van der Waals surface area contributed by atoms with Gasteiger partial charge in [0.15, 0.2) is 5.78 Å². The van der Waals surface area contributed by atoms with E-state index in [1.54, 1.807) is 31.4 Å². The first-order valence-electron chi connectivity index (χ1n) is 8.37. The topological polar surface area (TPSA) is 58.6 Å². The first-order valence-corrected chi connectivity index (χ1v) is 8.37. The van der Waals surface area contributed by atoms with Crippen LogP contribution < -0.4 is 10.1 Å². The van der Waals surface area contributed by atoms with E-state index < -0.39 is 0 Å². The van der Waals surface area contributed by atoms with Crippen LogP contribution in [-0.2, 0) is 0 Å². The van der Waals surface area contributed by atoms with Gasteiger partial charge in [0, 0.05) is 30.3 Å². The van der Waals surface area contributed by atoms with Gasteiger partial charge in [-0.05, 0) is 43.2 Å². The van der Waals surface area contributed by atoms with Crippen LogP contribution in [0, 0.1) is 0 Å². The summed E-state index contributed by atoms with van der Waals surface area (Å²) in [6, 6.07) is 14.9. The summed E-state index contributed by atoms with van der Waals surface area (Å²) in [7, 11) is 1.65. The van der Waals surface area contributed by atoms with Crippen LogP contribution in [0.5, 0.6) is 5.75 Å². The number of urea groups is 1. The third-order valence-electron chi connectivity index (χ3n) is 4.58. The molecule has 130 valence electrons. The predicted octanol–water partition coefficient (Wildman–Crippen LogP) is 3.92. The minimum atomic E-state index is -0.128. The van der Waals surface area contributed by atoms with Gasteiger partial charge in [0.25, 0.3) is 0 Å². The van der Waals surface area contributed by atoms with E-state index in [0.717, 1.165) is 18.7 Å². The van der Waals surface area contributed by atoms with Crippen molar-refractivity contribution in [2.75, 3.05) is 25.5 Å². The molecule has 2 aromatic rings. The minimum absolute atomic E-state index is 0.0168. The Bertz CT molecular complexity index is 771. The quantitative estimate of drug-likeness (QED) is 0.860. The summed E-state index contributed by atoms with van der Waals surface area (Å²) >= 11 is 0. The van der Waals surface area contributed by atoms with E-state index in [1.807, 2.05) is 17.0 Å². The largest absolute Gasteiger partial charge is 0.497 e. The second-order valence-corrected chi connectivity index (χ2v) is 6.27. The molecule has 0 spiro atoms. The second-order valence-electron chi connectivity index (χ2n) is 6.27. The Morgan fingerprint density at radius 3 is 2.60 bits per heavy atom. The van der Waals surface area contributed by atoms with E-state index >= 15 is 0 Å². The molecule has 1 heterocycles. The number of methoxy groups -OCH3 is 1. The lowest BCUT2D eigenvalue weighted by Gasteiger charge is -2.18. The highest BCUT2D eigenvalue weighted by Crippen LogP contribution is 2.28. The Hall–Kier alpha value is -2.82. The molecule has 0 bridgehead atoms. The van der Waals surface area contributed by atoms with Crippen LogP contribution >= 0.6 is 0 Å². The molecule has 2 amide bonds. The third kappa shape index (κ3) is 3.99. The lowest BCUT2D eigenvalue weighted by atomic mass is 9.98. The Kier molecular flexibility index (Phi) is 5.03. The highest BCUT2D eigenvalue weighted by Gasteiger charge is 2.27. The van der Waals surface area contributed by atoms with Gasteiger partial charge < -0.3 is 15.0 Å². The number of carbonyl (C=O) groups is 2. The summed E-state index contributed by atoms with van der Waals surface area (Å²) in [6.07, 6.45) is 0.938. The van der Waals surface area contributed by atoms with Crippen molar-refractivity contribution in [1.82, 2.24) is 4.90 Å². The van der Waals surface area contributed by atoms with Gasteiger partial charge in [-0.15, -0.1) is 0 Å². The zero-order chi connectivity index (χ0) is 17.8. The van der Waals surface area contributed by atoms with Crippen molar-refractivity contribution in [2.45, 2.75) is 19.3 Å². The summed E-state index contributed by atoms with van der Waals surface area (Å²) in [5.74, 6) is 1.15. The maximum absolute atomic E-state index is 12.5. The smallest absolute Gasteiger partial charge is 0.321 e. The number of anilines is 1. The van der Waals surface area contributed by atoms with Crippen molar-refractivity contribution >= 4 is 17.5 Å². The van der Waals surface area contributed by atoms with Gasteiger partial charge in [0.1, 0.15) is 5.75 Å². The predicted molar refractivity (Wildman–Crippen MR) is 97.4 cm³/mol. The maximum Gasteiger partial charge on any atom is 0.321 e. The van der Waals surface area contributed by atoms with E-state index in [1.165, 1.54) is 12.5 Å². The lowest BCUT2D eigenvalue weighted by molar-refractivity contribution is 0.101. The number of ether oxygens (including phenoxy) is 1. The van der Waals surface area contributed by atoms with Gasteiger partial charge in [-0.3, -0.25) is 4.79 Å². The fourth-order valence-electron chi connectivity index (χ4n) is 3.11. The SMILES string of the molecule is COc1ccc([C@@H]2CCN(C(=O)Nc3cccc(C(C)=O)c3)C2)cc1. The fourth-order valence-corrected chi connectivity index (χ4v) is 3.11. The molecule has 0 aliphatic carbocycles. The van der Waals surface area contributed by atoms with E-state index in [9.17, 15) is 9.59 Å². The highest BCUT2D eigenvalue weighted by molar-refractivity contribution is 5.96. The van der Waals surface area contributed by atoms with E-state index in [2.05, 4.69) is 17.4 Å². The molecule has 1 fully saturated rings. The van der Waals surface area contributed by atoms with Crippen LogP contribution in [0.15, 0.2) is 48.5 Å².